The van der Waals surface area contributed by atoms with Gasteiger partial charge in [-0.2, -0.15) is 0 Å². The van der Waals surface area contributed by atoms with Crippen LogP contribution in [0.25, 0.3) is 5.76 Å². The summed E-state index contributed by atoms with van der Waals surface area (Å²) in [4.78, 5) is 0. The molecule has 0 saturated heterocycles. The molecule has 0 aromatic heterocycles. The molecule has 16 heavy (non-hydrogen) atoms. The standard InChI is InChI=1S/C14H20O2/c1-5-15-12(4)13-6-8-14(9-7-13)16-10-11(2)3/h6-9,11H,4-5,10H2,1-3H3. The van der Waals surface area contributed by atoms with E-state index in [9.17, 15) is 0 Å². The third-order valence-electron chi connectivity index (χ3n) is 2.08. The highest BCUT2D eigenvalue weighted by Gasteiger charge is 2.00. The molecule has 0 aliphatic carbocycles. The van der Waals surface area contributed by atoms with Crippen LogP contribution in [0.15, 0.2) is 30.8 Å². The van der Waals surface area contributed by atoms with E-state index in [0.29, 0.717) is 18.3 Å². The van der Waals surface area contributed by atoms with E-state index in [2.05, 4.69) is 20.4 Å². The fourth-order valence-electron chi connectivity index (χ4n) is 1.26. The number of benzene rings is 1. The molecule has 0 N–H and O–H groups in total. The van der Waals surface area contributed by atoms with Gasteiger partial charge < -0.3 is 9.47 Å². The summed E-state index contributed by atoms with van der Waals surface area (Å²) in [5, 5.41) is 0. The van der Waals surface area contributed by atoms with Gasteiger partial charge >= 0.3 is 0 Å². The molecule has 0 bridgehead atoms. The Kier molecular flexibility index (Phi) is 4.90. The van der Waals surface area contributed by atoms with Crippen LogP contribution in [0.4, 0.5) is 0 Å². The predicted octanol–water partition coefficient (Wildman–Crippen LogP) is 3.73. The molecule has 1 aromatic carbocycles. The van der Waals surface area contributed by atoms with Crippen LogP contribution < -0.4 is 4.74 Å². The van der Waals surface area contributed by atoms with Crippen molar-refractivity contribution < 1.29 is 9.47 Å². The van der Waals surface area contributed by atoms with Crippen LogP contribution in [-0.2, 0) is 4.74 Å². The van der Waals surface area contributed by atoms with Gasteiger partial charge in [0, 0.05) is 5.56 Å². The van der Waals surface area contributed by atoms with Gasteiger partial charge in [0.25, 0.3) is 0 Å². The molecule has 0 spiro atoms. The average Bonchev–Trinajstić information content (AvgIpc) is 2.27. The van der Waals surface area contributed by atoms with Crippen molar-refractivity contribution in [2.75, 3.05) is 13.2 Å². The van der Waals surface area contributed by atoms with Crippen LogP contribution in [0.2, 0.25) is 0 Å². The zero-order valence-electron chi connectivity index (χ0n) is 10.3. The predicted molar refractivity (Wildman–Crippen MR) is 67.4 cm³/mol. The van der Waals surface area contributed by atoms with E-state index in [1.165, 1.54) is 0 Å². The van der Waals surface area contributed by atoms with Gasteiger partial charge in [-0.15, -0.1) is 0 Å². The third kappa shape index (κ3) is 3.97. The number of hydrogen-bond donors (Lipinski definition) is 0. The molecule has 0 aliphatic heterocycles. The fourth-order valence-corrected chi connectivity index (χ4v) is 1.26. The Hall–Kier alpha value is -1.44. The molecule has 88 valence electrons. The first-order chi connectivity index (χ1) is 7.63. The lowest BCUT2D eigenvalue weighted by atomic mass is 10.2. The fraction of sp³-hybridized carbons (Fsp3) is 0.429. The maximum atomic E-state index is 5.59. The minimum absolute atomic E-state index is 0.540. The van der Waals surface area contributed by atoms with Crippen LogP contribution in [0.5, 0.6) is 5.75 Å². The maximum Gasteiger partial charge on any atom is 0.119 e. The minimum Gasteiger partial charge on any atom is -0.494 e. The molecule has 1 rings (SSSR count). The summed E-state index contributed by atoms with van der Waals surface area (Å²) in [5.74, 6) is 2.14. The van der Waals surface area contributed by atoms with Crippen LogP contribution in [0.3, 0.4) is 0 Å². The monoisotopic (exact) mass is 220 g/mol. The van der Waals surface area contributed by atoms with Gasteiger partial charge in [0.2, 0.25) is 0 Å². The summed E-state index contributed by atoms with van der Waals surface area (Å²) in [7, 11) is 0. The van der Waals surface area contributed by atoms with E-state index < -0.39 is 0 Å². The van der Waals surface area contributed by atoms with Crippen molar-refractivity contribution in [1.82, 2.24) is 0 Å². The first kappa shape index (κ1) is 12.6. The van der Waals surface area contributed by atoms with Crippen molar-refractivity contribution in [2.24, 2.45) is 5.92 Å². The van der Waals surface area contributed by atoms with Crippen molar-refractivity contribution in [3.8, 4) is 5.75 Å². The normalized spacial score (nSPS) is 10.2. The van der Waals surface area contributed by atoms with Crippen LogP contribution in [0.1, 0.15) is 26.3 Å². The largest absolute Gasteiger partial charge is 0.494 e. The van der Waals surface area contributed by atoms with Crippen molar-refractivity contribution in [3.05, 3.63) is 36.4 Å². The van der Waals surface area contributed by atoms with E-state index in [4.69, 9.17) is 9.47 Å². The first-order valence-corrected chi connectivity index (χ1v) is 5.68. The Bertz CT molecular complexity index is 325. The summed E-state index contributed by atoms with van der Waals surface area (Å²) < 4.78 is 10.9. The Morgan fingerprint density at radius 3 is 2.38 bits per heavy atom. The molecule has 2 heteroatoms. The molecule has 0 fully saturated rings. The average molecular weight is 220 g/mol. The van der Waals surface area contributed by atoms with E-state index in [0.717, 1.165) is 17.9 Å². The summed E-state index contributed by atoms with van der Waals surface area (Å²) in [6.45, 7) is 11.5. The van der Waals surface area contributed by atoms with E-state index in [1.807, 2.05) is 31.2 Å². The molecule has 2 nitrogen and oxygen atoms in total. The summed E-state index contributed by atoms with van der Waals surface area (Å²) in [6.07, 6.45) is 0. The number of rotatable bonds is 6. The Balaban J connectivity index is 2.57. The summed E-state index contributed by atoms with van der Waals surface area (Å²) in [5.41, 5.74) is 0.999. The zero-order valence-corrected chi connectivity index (χ0v) is 10.3. The minimum atomic E-state index is 0.540. The van der Waals surface area contributed by atoms with Crippen molar-refractivity contribution >= 4 is 5.76 Å². The van der Waals surface area contributed by atoms with Gasteiger partial charge in [0.05, 0.1) is 13.2 Å². The topological polar surface area (TPSA) is 18.5 Å². The third-order valence-corrected chi connectivity index (χ3v) is 2.08. The SMILES string of the molecule is C=C(OCC)c1ccc(OCC(C)C)cc1. The summed E-state index contributed by atoms with van der Waals surface area (Å²) >= 11 is 0. The highest BCUT2D eigenvalue weighted by molar-refractivity contribution is 5.58. The lowest BCUT2D eigenvalue weighted by Gasteiger charge is -2.10. The van der Waals surface area contributed by atoms with E-state index in [1.54, 1.807) is 0 Å². The van der Waals surface area contributed by atoms with Crippen LogP contribution in [0, 0.1) is 5.92 Å². The first-order valence-electron chi connectivity index (χ1n) is 5.68. The second-order valence-corrected chi connectivity index (χ2v) is 4.09. The highest BCUT2D eigenvalue weighted by Crippen LogP contribution is 2.18. The Morgan fingerprint density at radius 2 is 1.88 bits per heavy atom. The van der Waals surface area contributed by atoms with Gasteiger partial charge in [0.15, 0.2) is 0 Å². The van der Waals surface area contributed by atoms with Crippen LogP contribution >= 0.6 is 0 Å². The van der Waals surface area contributed by atoms with Crippen molar-refractivity contribution in [3.63, 3.8) is 0 Å². The molecule has 0 saturated carbocycles. The van der Waals surface area contributed by atoms with Crippen molar-refractivity contribution in [2.45, 2.75) is 20.8 Å². The van der Waals surface area contributed by atoms with Crippen molar-refractivity contribution in [1.29, 1.82) is 0 Å². The molecular weight excluding hydrogens is 200 g/mol. The van der Waals surface area contributed by atoms with E-state index >= 15 is 0 Å². The van der Waals surface area contributed by atoms with Gasteiger partial charge in [0.1, 0.15) is 11.5 Å². The highest BCUT2D eigenvalue weighted by atomic mass is 16.5. The molecule has 0 aliphatic rings. The molecule has 0 unspecified atom stereocenters. The lowest BCUT2D eigenvalue weighted by molar-refractivity contribution is 0.271. The molecule has 0 amide bonds. The summed E-state index contributed by atoms with van der Waals surface area (Å²) in [6, 6.07) is 7.82. The molecule has 1 aromatic rings. The Labute approximate surface area is 97.9 Å². The molecule has 0 heterocycles. The molecule has 0 atom stereocenters. The molecular formula is C14H20O2. The van der Waals surface area contributed by atoms with Gasteiger partial charge in [-0.05, 0) is 37.1 Å². The second kappa shape index (κ2) is 6.21. The molecule has 0 radical (unpaired) electrons. The quantitative estimate of drug-likeness (QED) is 0.680. The lowest BCUT2D eigenvalue weighted by Crippen LogP contribution is -2.04. The van der Waals surface area contributed by atoms with Crippen LogP contribution in [-0.4, -0.2) is 13.2 Å². The second-order valence-electron chi connectivity index (χ2n) is 4.09. The van der Waals surface area contributed by atoms with E-state index in [-0.39, 0.29) is 0 Å². The Morgan fingerprint density at radius 1 is 1.25 bits per heavy atom. The number of hydrogen-bond acceptors (Lipinski definition) is 2. The smallest absolute Gasteiger partial charge is 0.119 e. The zero-order chi connectivity index (χ0) is 12.0. The van der Waals surface area contributed by atoms with Gasteiger partial charge in [-0.3, -0.25) is 0 Å². The maximum absolute atomic E-state index is 5.59. The van der Waals surface area contributed by atoms with Gasteiger partial charge in [-0.25, -0.2) is 0 Å². The van der Waals surface area contributed by atoms with Gasteiger partial charge in [-0.1, -0.05) is 20.4 Å². The number of ether oxygens (including phenoxy) is 2.